The van der Waals surface area contributed by atoms with Crippen LogP contribution in [0.4, 0.5) is 0 Å². The summed E-state index contributed by atoms with van der Waals surface area (Å²) in [6.45, 7) is 5.24. The van der Waals surface area contributed by atoms with Gasteiger partial charge in [-0.3, -0.25) is 4.57 Å². The van der Waals surface area contributed by atoms with Crippen molar-refractivity contribution in [2.75, 3.05) is 12.4 Å². The molecule has 0 saturated carbocycles. The van der Waals surface area contributed by atoms with E-state index in [-0.39, 0.29) is 12.4 Å². The molecule has 0 aromatic rings. The average molecular weight is 458 g/mol. The molecule has 0 heterocycles. The van der Waals surface area contributed by atoms with Gasteiger partial charge >= 0.3 is 7.60 Å². The zero-order valence-corrected chi connectivity index (χ0v) is 20.4. The molecular weight excluding hydrogens is 413 g/mol. The predicted molar refractivity (Wildman–Crippen MR) is 120 cm³/mol. The highest BCUT2D eigenvalue weighted by Gasteiger charge is 2.28. The maximum Gasteiger partial charge on any atom is 0.356 e. The third-order valence-electron chi connectivity index (χ3n) is 4.95. The molecule has 3 atom stereocenters. The van der Waals surface area contributed by atoms with E-state index in [1.807, 2.05) is 0 Å². The first-order valence-corrected chi connectivity index (χ1v) is 14.6. The van der Waals surface area contributed by atoms with Gasteiger partial charge in [-0.25, -0.2) is 13.1 Å². The topological polar surface area (TPSA) is 113 Å². The lowest BCUT2D eigenvalue weighted by molar-refractivity contribution is 0.171. The molecule has 0 aromatic carbocycles. The zero-order chi connectivity index (χ0) is 22.2. The van der Waals surface area contributed by atoms with Crippen LogP contribution in [0.1, 0.15) is 104 Å². The molecule has 3 N–H and O–H groups in total. The van der Waals surface area contributed by atoms with Crippen molar-refractivity contribution in [3.8, 4) is 0 Å². The molecule has 0 rings (SSSR count). The van der Waals surface area contributed by atoms with Crippen LogP contribution in [-0.4, -0.2) is 42.7 Å². The summed E-state index contributed by atoms with van der Waals surface area (Å²) < 4.78 is 44.2. The van der Waals surface area contributed by atoms with Crippen LogP contribution in [0.15, 0.2) is 0 Å². The molecule has 29 heavy (non-hydrogen) atoms. The molecule has 0 aliphatic rings. The Morgan fingerprint density at radius 3 is 1.90 bits per heavy atom. The molecule has 0 amide bonds. The van der Waals surface area contributed by atoms with Gasteiger partial charge in [0.1, 0.15) is 0 Å². The van der Waals surface area contributed by atoms with Crippen LogP contribution < -0.4 is 4.72 Å². The summed E-state index contributed by atoms with van der Waals surface area (Å²) in [6, 6.07) is -0.565. The van der Waals surface area contributed by atoms with E-state index in [1.165, 1.54) is 32.6 Å². The molecule has 0 fully saturated rings. The van der Waals surface area contributed by atoms with Crippen LogP contribution in [0, 0.1) is 0 Å². The van der Waals surface area contributed by atoms with Gasteiger partial charge in [0.15, 0.2) is 5.85 Å². The lowest BCUT2D eigenvalue weighted by atomic mass is 10.1. The number of rotatable bonds is 20. The third kappa shape index (κ3) is 16.4. The monoisotopic (exact) mass is 457 g/mol. The summed E-state index contributed by atoms with van der Waals surface area (Å²) in [5.74, 6) is -1.45. The van der Waals surface area contributed by atoms with Crippen molar-refractivity contribution < 1.29 is 27.5 Å². The second kappa shape index (κ2) is 16.7. The molecule has 3 unspecified atom stereocenters. The summed E-state index contributed by atoms with van der Waals surface area (Å²) in [5.41, 5.74) is 0. The fourth-order valence-electron chi connectivity index (χ4n) is 3.04. The van der Waals surface area contributed by atoms with Gasteiger partial charge in [-0.1, -0.05) is 84.5 Å². The molecule has 0 spiro atoms. The van der Waals surface area contributed by atoms with Crippen LogP contribution in [0.2, 0.25) is 0 Å². The molecule has 0 aliphatic heterocycles. The first kappa shape index (κ1) is 29.0. The molecule has 0 saturated heterocycles. The molecule has 0 radical (unpaired) electrons. The lowest BCUT2D eigenvalue weighted by Gasteiger charge is -2.21. The number of sulfonamides is 1. The number of nitrogens with one attached hydrogen (secondary N) is 1. The molecule has 176 valence electrons. The Balaban J connectivity index is 4.42. The van der Waals surface area contributed by atoms with Gasteiger partial charge in [0.25, 0.3) is 0 Å². The Hall–Kier alpha value is 0.0200. The van der Waals surface area contributed by atoms with E-state index in [2.05, 4.69) is 18.6 Å². The number of unbranched alkanes of at least 4 members (excludes halogenated alkanes) is 10. The first-order valence-electron chi connectivity index (χ1n) is 11.3. The minimum Gasteiger partial charge on any atom is -0.381 e. The normalized spacial score (nSPS) is 16.4. The second-order valence-electron chi connectivity index (χ2n) is 7.95. The van der Waals surface area contributed by atoms with Crippen molar-refractivity contribution >= 4 is 17.6 Å². The van der Waals surface area contributed by atoms with Crippen LogP contribution in [-0.2, 0) is 19.1 Å². The highest BCUT2D eigenvalue weighted by atomic mass is 32.2. The Kier molecular flexibility index (Phi) is 16.7. The largest absolute Gasteiger partial charge is 0.381 e. The predicted octanol–water partition coefficient (Wildman–Crippen LogP) is 4.93. The number of hydrogen-bond acceptors (Lipinski definition) is 5. The van der Waals surface area contributed by atoms with Crippen molar-refractivity contribution in [2.24, 2.45) is 0 Å². The van der Waals surface area contributed by atoms with Crippen molar-refractivity contribution in [2.45, 2.75) is 116 Å². The van der Waals surface area contributed by atoms with E-state index >= 15 is 0 Å². The minimum atomic E-state index is -4.15. The standard InChI is InChI=1S/C20H44NO6PS/c1-4-6-8-10-11-12-13-15-17-29(25,26)21-20(16-14-9-7-5-2)18-27-28(23,24)19(3)22/h19-22H,4-18H2,1-3H3,(H,23,24). The Morgan fingerprint density at radius 1 is 0.897 bits per heavy atom. The van der Waals surface area contributed by atoms with E-state index in [0.717, 1.165) is 44.9 Å². The van der Waals surface area contributed by atoms with Crippen LogP contribution in [0.25, 0.3) is 0 Å². The summed E-state index contributed by atoms with van der Waals surface area (Å²) in [4.78, 5) is 9.63. The number of aliphatic hydroxyl groups excluding tert-OH is 1. The maximum atomic E-state index is 12.4. The molecule has 0 bridgehead atoms. The smallest absolute Gasteiger partial charge is 0.356 e. The summed E-state index contributed by atoms with van der Waals surface area (Å²) in [6.07, 6.45) is 13.1. The van der Waals surface area contributed by atoms with Gasteiger partial charge in [0, 0.05) is 6.04 Å². The third-order valence-corrected chi connectivity index (χ3v) is 7.93. The van der Waals surface area contributed by atoms with Crippen LogP contribution >= 0.6 is 7.60 Å². The van der Waals surface area contributed by atoms with E-state index in [4.69, 9.17) is 4.52 Å². The van der Waals surface area contributed by atoms with Gasteiger partial charge in [0.05, 0.1) is 12.4 Å². The van der Waals surface area contributed by atoms with E-state index in [9.17, 15) is 23.0 Å². The van der Waals surface area contributed by atoms with Gasteiger partial charge in [0.2, 0.25) is 10.0 Å². The van der Waals surface area contributed by atoms with Crippen molar-refractivity contribution in [1.82, 2.24) is 4.72 Å². The Morgan fingerprint density at radius 2 is 1.38 bits per heavy atom. The van der Waals surface area contributed by atoms with E-state index < -0.39 is 29.5 Å². The first-order chi connectivity index (χ1) is 13.6. The highest BCUT2D eigenvalue weighted by Crippen LogP contribution is 2.46. The molecule has 0 aliphatic carbocycles. The molecule has 0 aromatic heterocycles. The average Bonchev–Trinajstić information content (AvgIpc) is 2.65. The Bertz CT molecular complexity index is 541. The highest BCUT2D eigenvalue weighted by molar-refractivity contribution is 7.89. The zero-order valence-electron chi connectivity index (χ0n) is 18.6. The molecule has 7 nitrogen and oxygen atoms in total. The SMILES string of the molecule is CCCCCCCCCCS(=O)(=O)NC(CCCCCC)COP(=O)(O)C(C)O. The van der Waals surface area contributed by atoms with Gasteiger partial charge in [-0.05, 0) is 19.8 Å². The van der Waals surface area contributed by atoms with E-state index in [1.54, 1.807) is 0 Å². The van der Waals surface area contributed by atoms with Crippen molar-refractivity contribution in [1.29, 1.82) is 0 Å². The van der Waals surface area contributed by atoms with E-state index in [0.29, 0.717) is 12.8 Å². The second-order valence-corrected chi connectivity index (χ2v) is 12.0. The Labute approximate surface area is 178 Å². The quantitative estimate of drug-likeness (QED) is 0.177. The van der Waals surface area contributed by atoms with Crippen LogP contribution in [0.5, 0.6) is 0 Å². The number of aliphatic hydroxyl groups is 1. The lowest BCUT2D eigenvalue weighted by Crippen LogP contribution is -2.39. The molecule has 9 heteroatoms. The van der Waals surface area contributed by atoms with Crippen molar-refractivity contribution in [3.05, 3.63) is 0 Å². The van der Waals surface area contributed by atoms with Gasteiger partial charge in [-0.2, -0.15) is 0 Å². The maximum absolute atomic E-state index is 12.4. The summed E-state index contributed by atoms with van der Waals surface area (Å²) >= 11 is 0. The van der Waals surface area contributed by atoms with Gasteiger partial charge in [-0.15, -0.1) is 0 Å². The summed E-state index contributed by atoms with van der Waals surface area (Å²) in [5, 5.41) is 9.33. The molecular formula is C20H44NO6PS. The fourth-order valence-corrected chi connectivity index (χ4v) is 5.04. The summed E-state index contributed by atoms with van der Waals surface area (Å²) in [7, 11) is -7.63. The van der Waals surface area contributed by atoms with Gasteiger partial charge < -0.3 is 14.5 Å². The van der Waals surface area contributed by atoms with Crippen molar-refractivity contribution in [3.63, 3.8) is 0 Å². The van der Waals surface area contributed by atoms with Crippen LogP contribution in [0.3, 0.4) is 0 Å². The fraction of sp³-hybridized carbons (Fsp3) is 1.00. The number of hydrogen-bond donors (Lipinski definition) is 3. The minimum absolute atomic E-state index is 0.0562.